The van der Waals surface area contributed by atoms with Crippen LogP contribution in [-0.4, -0.2) is 83.7 Å². The highest BCUT2D eigenvalue weighted by Gasteiger charge is 2.36. The highest BCUT2D eigenvalue weighted by atomic mass is 19.4. The number of alkyl halides is 3. The number of nitrogens with zero attached hydrogens (tertiary/aromatic N) is 5. The quantitative estimate of drug-likeness (QED) is 0.449. The summed E-state index contributed by atoms with van der Waals surface area (Å²) in [6, 6.07) is 12.9. The molecule has 0 saturated heterocycles. The third kappa shape index (κ3) is 6.56. The number of aromatic nitrogens is 2. The molecule has 2 aromatic carbocycles. The summed E-state index contributed by atoms with van der Waals surface area (Å²) in [6.45, 7) is 2.89. The number of halogens is 3. The van der Waals surface area contributed by atoms with Crippen molar-refractivity contribution in [3.05, 3.63) is 65.4 Å². The Balaban J connectivity index is 1.71. The van der Waals surface area contributed by atoms with Crippen LogP contribution in [0.5, 0.6) is 17.5 Å². The van der Waals surface area contributed by atoms with E-state index in [1.165, 1.54) is 23.1 Å². The molecule has 0 aliphatic carbocycles. The van der Waals surface area contributed by atoms with E-state index < -0.39 is 18.2 Å². The second-order valence-electron chi connectivity index (χ2n) is 9.55. The van der Waals surface area contributed by atoms with Crippen LogP contribution in [0.15, 0.2) is 48.5 Å². The molecule has 1 aliphatic rings. The number of likely N-dealkylation sites (N-methyl/N-ethyl adjacent to an activating group) is 1. The first kappa shape index (κ1) is 27.3. The van der Waals surface area contributed by atoms with Crippen molar-refractivity contribution in [1.82, 2.24) is 19.4 Å². The largest absolute Gasteiger partial charge is 0.573 e. The molecule has 204 valence electrons. The van der Waals surface area contributed by atoms with E-state index in [9.17, 15) is 23.1 Å². The van der Waals surface area contributed by atoms with E-state index in [0.29, 0.717) is 12.4 Å². The van der Waals surface area contributed by atoms with E-state index in [0.717, 1.165) is 17.2 Å². The predicted molar refractivity (Wildman–Crippen MR) is 135 cm³/mol. The lowest BCUT2D eigenvalue weighted by Crippen LogP contribution is -2.50. The number of benzene rings is 2. The molecule has 0 fully saturated rings. The Kier molecular flexibility index (Phi) is 7.83. The summed E-state index contributed by atoms with van der Waals surface area (Å²) in [6.07, 6.45) is -5.61. The van der Waals surface area contributed by atoms with Crippen LogP contribution >= 0.6 is 0 Å². The molecule has 1 atom stereocenters. The lowest BCUT2D eigenvalue weighted by Gasteiger charge is -2.35. The molecule has 0 spiro atoms. The van der Waals surface area contributed by atoms with Gasteiger partial charge in [-0.25, -0.2) is 0 Å². The van der Waals surface area contributed by atoms with Crippen molar-refractivity contribution >= 4 is 11.7 Å². The number of fused-ring (bicyclic) bond motifs is 1. The Morgan fingerprint density at radius 1 is 1.13 bits per heavy atom. The summed E-state index contributed by atoms with van der Waals surface area (Å²) in [7, 11) is 5.43. The third-order valence-corrected chi connectivity index (χ3v) is 5.86. The van der Waals surface area contributed by atoms with Crippen molar-refractivity contribution in [3.63, 3.8) is 0 Å². The highest BCUT2D eigenvalue weighted by Crippen LogP contribution is 2.35. The van der Waals surface area contributed by atoms with Crippen LogP contribution in [0.3, 0.4) is 0 Å². The lowest BCUT2D eigenvalue weighted by atomic mass is 10.1. The van der Waals surface area contributed by atoms with Crippen LogP contribution in [0.4, 0.5) is 19.0 Å². The fraction of sp³-hybridized carbons (Fsp3) is 0.385. The Labute approximate surface area is 218 Å². The lowest BCUT2D eigenvalue weighted by molar-refractivity contribution is -0.274. The van der Waals surface area contributed by atoms with E-state index in [1.54, 1.807) is 16.5 Å². The van der Waals surface area contributed by atoms with Gasteiger partial charge in [0.05, 0.1) is 19.3 Å². The van der Waals surface area contributed by atoms with Gasteiger partial charge in [-0.1, -0.05) is 35.9 Å². The van der Waals surface area contributed by atoms with Crippen molar-refractivity contribution in [2.24, 2.45) is 0 Å². The van der Waals surface area contributed by atoms with Crippen LogP contribution in [0.1, 0.15) is 21.6 Å². The number of β-amino-alcohol motifs (C(OH)–C–C–N with tert-alkyl or cyclic N) is 1. The minimum absolute atomic E-state index is 0.0376. The van der Waals surface area contributed by atoms with Gasteiger partial charge in [-0.3, -0.25) is 9.36 Å². The number of hydrogen-bond donors (Lipinski definition) is 1. The molecule has 0 bridgehead atoms. The Bertz CT molecular complexity index is 1280. The van der Waals surface area contributed by atoms with E-state index in [2.05, 4.69) is 9.72 Å². The fourth-order valence-corrected chi connectivity index (χ4v) is 4.25. The minimum atomic E-state index is -4.85. The van der Waals surface area contributed by atoms with Gasteiger partial charge < -0.3 is 29.3 Å². The maximum Gasteiger partial charge on any atom is 0.573 e. The second kappa shape index (κ2) is 10.9. The Hall–Kier alpha value is -3.77. The van der Waals surface area contributed by atoms with Crippen molar-refractivity contribution in [3.8, 4) is 17.5 Å². The van der Waals surface area contributed by atoms with E-state index >= 15 is 0 Å². The molecule has 0 radical (unpaired) electrons. The normalized spacial score (nSPS) is 14.6. The molecule has 1 aromatic heterocycles. The summed E-state index contributed by atoms with van der Waals surface area (Å²) in [4.78, 5) is 23.3. The molecular weight excluding hydrogens is 503 g/mol. The van der Waals surface area contributed by atoms with Gasteiger partial charge in [-0.15, -0.1) is 13.2 Å². The molecule has 4 rings (SSSR count). The third-order valence-electron chi connectivity index (χ3n) is 5.86. The highest BCUT2D eigenvalue weighted by molar-refractivity contribution is 5.99. The molecule has 1 N–H and O–H groups in total. The SMILES string of the molecule is Cc1ccc(Cn2c(Oc3cccc(OC(F)(F)F)c3)nc3c2C(=O)N(CC(O)CN(C)C)CN3C)cc1. The maximum atomic E-state index is 13.6. The summed E-state index contributed by atoms with van der Waals surface area (Å²) >= 11 is 0. The average Bonchev–Trinajstić information content (AvgIpc) is 3.16. The number of hydrogen-bond acceptors (Lipinski definition) is 7. The van der Waals surface area contributed by atoms with Crippen LogP contribution in [0.2, 0.25) is 0 Å². The average molecular weight is 534 g/mol. The summed E-state index contributed by atoms with van der Waals surface area (Å²) in [5.41, 5.74) is 2.19. The standard InChI is InChI=1S/C26H30F3N5O4/c1-17-8-10-18(11-9-17)13-34-22-23(32(4)16-33(24(22)36)15-19(35)14-31(2)3)30-25(34)37-20-6-5-7-21(12-20)38-26(27,28)29/h5-12,19,35H,13-16H2,1-4H3. The maximum absolute atomic E-state index is 13.6. The molecule has 1 amide bonds. The first-order valence-corrected chi connectivity index (χ1v) is 11.9. The summed E-state index contributed by atoms with van der Waals surface area (Å²) in [5.74, 6) is -0.337. The molecule has 12 heteroatoms. The van der Waals surface area contributed by atoms with Crippen LogP contribution in [0, 0.1) is 6.92 Å². The zero-order valence-corrected chi connectivity index (χ0v) is 21.6. The van der Waals surface area contributed by atoms with Gasteiger partial charge in [0.1, 0.15) is 11.5 Å². The van der Waals surface area contributed by atoms with Crippen molar-refractivity contribution in [2.75, 3.05) is 45.8 Å². The molecule has 3 aromatic rings. The van der Waals surface area contributed by atoms with E-state index in [-0.39, 0.29) is 43.1 Å². The smallest absolute Gasteiger partial charge is 0.425 e. The van der Waals surface area contributed by atoms with Gasteiger partial charge in [-0.05, 0) is 38.7 Å². The zero-order chi connectivity index (χ0) is 27.6. The topological polar surface area (TPSA) is 83.3 Å². The van der Waals surface area contributed by atoms with Gasteiger partial charge in [0.25, 0.3) is 5.91 Å². The zero-order valence-electron chi connectivity index (χ0n) is 21.6. The van der Waals surface area contributed by atoms with Crippen LogP contribution < -0.4 is 14.4 Å². The van der Waals surface area contributed by atoms with Crippen molar-refractivity contribution in [1.29, 1.82) is 0 Å². The number of carbonyl (C=O) groups is 1. The van der Waals surface area contributed by atoms with Gasteiger partial charge >= 0.3 is 12.4 Å². The summed E-state index contributed by atoms with van der Waals surface area (Å²) < 4.78 is 49.7. The molecule has 2 heterocycles. The Morgan fingerprint density at radius 2 is 1.82 bits per heavy atom. The first-order chi connectivity index (χ1) is 17.9. The molecule has 1 unspecified atom stereocenters. The number of rotatable bonds is 9. The predicted octanol–water partition coefficient (Wildman–Crippen LogP) is 3.70. The minimum Gasteiger partial charge on any atom is -0.425 e. The number of aliphatic hydroxyl groups excluding tert-OH is 1. The second-order valence-corrected chi connectivity index (χ2v) is 9.55. The van der Waals surface area contributed by atoms with E-state index in [4.69, 9.17) is 4.74 Å². The molecule has 38 heavy (non-hydrogen) atoms. The van der Waals surface area contributed by atoms with E-state index in [1.807, 2.05) is 50.2 Å². The first-order valence-electron chi connectivity index (χ1n) is 11.9. The number of anilines is 1. The molecule has 1 aliphatic heterocycles. The molecular formula is C26H30F3N5O4. The number of carbonyl (C=O) groups excluding carboxylic acids is 1. The molecule has 0 saturated carbocycles. The number of aryl methyl sites for hydroxylation is 1. The van der Waals surface area contributed by atoms with Crippen LogP contribution in [-0.2, 0) is 6.54 Å². The van der Waals surface area contributed by atoms with Gasteiger partial charge in [-0.2, -0.15) is 4.98 Å². The molecule has 9 nitrogen and oxygen atoms in total. The van der Waals surface area contributed by atoms with Gasteiger partial charge in [0.15, 0.2) is 11.5 Å². The van der Waals surface area contributed by atoms with Gasteiger partial charge in [0.2, 0.25) is 0 Å². The number of amides is 1. The monoisotopic (exact) mass is 533 g/mol. The Morgan fingerprint density at radius 3 is 2.47 bits per heavy atom. The fourth-order valence-electron chi connectivity index (χ4n) is 4.25. The van der Waals surface area contributed by atoms with Gasteiger partial charge in [0, 0.05) is 26.2 Å². The number of ether oxygens (including phenoxy) is 2. The van der Waals surface area contributed by atoms with Crippen LogP contribution in [0.25, 0.3) is 0 Å². The van der Waals surface area contributed by atoms with Crippen molar-refractivity contribution in [2.45, 2.75) is 25.9 Å². The number of imidazole rings is 1. The van der Waals surface area contributed by atoms with Crippen molar-refractivity contribution < 1.29 is 32.5 Å². The summed E-state index contributed by atoms with van der Waals surface area (Å²) in [5, 5.41) is 10.5. The number of aliphatic hydroxyl groups is 1.